The lowest BCUT2D eigenvalue weighted by atomic mass is 10.1. The molecule has 0 saturated carbocycles. The Hall–Kier alpha value is -1.68. The molecule has 0 N–H and O–H groups in total. The molecular weight excluding hydrogens is 275 g/mol. The summed E-state index contributed by atoms with van der Waals surface area (Å²) in [6, 6.07) is 14.3. The van der Waals surface area contributed by atoms with Crippen LogP contribution in [0.5, 0.6) is 0 Å². The maximum atomic E-state index is 14.9. The molecule has 0 radical (unpaired) electrons. The number of aryl methyl sites for hydroxylation is 1. The molecule has 0 saturated heterocycles. The highest BCUT2D eigenvalue weighted by Crippen LogP contribution is 2.36. The normalized spacial score (nSPS) is 14.8. The van der Waals surface area contributed by atoms with Crippen molar-refractivity contribution in [3.05, 3.63) is 65.7 Å². The highest BCUT2D eigenvalue weighted by atomic mass is 32.2. The second kappa shape index (κ2) is 5.37. The molecule has 106 valence electrons. The molecule has 2 aromatic carbocycles. The average Bonchev–Trinajstić information content (AvgIpc) is 2.48. The summed E-state index contributed by atoms with van der Waals surface area (Å²) in [5.74, 6) is 0. The van der Waals surface area contributed by atoms with Crippen molar-refractivity contribution in [3.63, 3.8) is 0 Å². The van der Waals surface area contributed by atoms with Crippen LogP contribution in [0.4, 0.5) is 4.39 Å². The van der Waals surface area contributed by atoms with E-state index in [-0.39, 0.29) is 10.5 Å². The van der Waals surface area contributed by atoms with Crippen LogP contribution in [0.25, 0.3) is 0 Å². The first-order chi connectivity index (χ1) is 9.39. The minimum atomic E-state index is -4.08. The van der Waals surface area contributed by atoms with Gasteiger partial charge >= 0.3 is 0 Å². The molecule has 0 aliphatic heterocycles. The maximum absolute atomic E-state index is 14.9. The molecule has 2 nitrogen and oxygen atoms in total. The van der Waals surface area contributed by atoms with Crippen molar-refractivity contribution in [1.29, 1.82) is 0 Å². The van der Waals surface area contributed by atoms with E-state index in [2.05, 4.69) is 0 Å². The third kappa shape index (κ3) is 2.48. The standard InChI is InChI=1S/C16H17FO2S/c1-3-13-9-11-15(12-10-13)20(18,19)16(2,17)14-7-5-4-6-8-14/h4-12H,3H2,1-2H3. The third-order valence-corrected chi connectivity index (χ3v) is 5.57. The van der Waals surface area contributed by atoms with Crippen molar-refractivity contribution in [2.24, 2.45) is 0 Å². The number of hydrogen-bond acceptors (Lipinski definition) is 2. The van der Waals surface area contributed by atoms with Crippen LogP contribution in [0.15, 0.2) is 59.5 Å². The summed E-state index contributed by atoms with van der Waals surface area (Å²) in [6.07, 6.45) is 0.811. The summed E-state index contributed by atoms with van der Waals surface area (Å²) in [7, 11) is -4.08. The Morgan fingerprint density at radius 3 is 2.05 bits per heavy atom. The lowest BCUT2D eigenvalue weighted by molar-refractivity contribution is 0.299. The fraction of sp³-hybridized carbons (Fsp3) is 0.250. The summed E-state index contributed by atoms with van der Waals surface area (Å²) in [5, 5.41) is -2.44. The smallest absolute Gasteiger partial charge is 0.221 e. The average molecular weight is 292 g/mol. The molecular formula is C16H17FO2S. The second-order valence-electron chi connectivity index (χ2n) is 4.78. The van der Waals surface area contributed by atoms with Crippen molar-refractivity contribution >= 4 is 9.84 Å². The van der Waals surface area contributed by atoms with Crippen LogP contribution < -0.4 is 0 Å². The van der Waals surface area contributed by atoms with Crippen molar-refractivity contribution in [2.75, 3.05) is 0 Å². The highest BCUT2D eigenvalue weighted by Gasteiger charge is 2.42. The van der Waals surface area contributed by atoms with Gasteiger partial charge in [-0.2, -0.15) is 0 Å². The molecule has 0 fully saturated rings. The predicted octanol–water partition coefficient (Wildman–Crippen LogP) is 3.87. The lowest BCUT2D eigenvalue weighted by Gasteiger charge is -2.21. The van der Waals surface area contributed by atoms with Gasteiger partial charge in [0.1, 0.15) is 0 Å². The summed E-state index contributed by atoms with van der Waals surface area (Å²) in [6.45, 7) is 3.07. The molecule has 2 rings (SSSR count). The number of benzene rings is 2. The van der Waals surface area contributed by atoms with Crippen LogP contribution >= 0.6 is 0 Å². The number of sulfone groups is 1. The van der Waals surface area contributed by atoms with Gasteiger partial charge in [0, 0.05) is 5.56 Å². The Morgan fingerprint density at radius 2 is 1.55 bits per heavy atom. The van der Waals surface area contributed by atoms with E-state index >= 15 is 0 Å². The zero-order valence-corrected chi connectivity index (χ0v) is 12.3. The molecule has 1 atom stereocenters. The van der Waals surface area contributed by atoms with Crippen LogP contribution in [0.3, 0.4) is 0 Å². The quantitative estimate of drug-likeness (QED) is 0.857. The first-order valence-electron chi connectivity index (χ1n) is 6.47. The van der Waals surface area contributed by atoms with Gasteiger partial charge in [-0.15, -0.1) is 0 Å². The Labute approximate surface area is 119 Å². The van der Waals surface area contributed by atoms with Gasteiger partial charge in [-0.25, -0.2) is 12.8 Å². The Bertz CT molecular complexity index is 674. The molecule has 1 unspecified atom stereocenters. The molecule has 0 amide bonds. The largest absolute Gasteiger partial charge is 0.237 e. The summed E-state index contributed by atoms with van der Waals surface area (Å²) < 4.78 is 39.8. The number of alkyl halides is 1. The summed E-state index contributed by atoms with van der Waals surface area (Å²) >= 11 is 0. The van der Waals surface area contributed by atoms with Gasteiger partial charge in [-0.3, -0.25) is 0 Å². The van der Waals surface area contributed by atoms with E-state index in [1.54, 1.807) is 30.3 Å². The first-order valence-corrected chi connectivity index (χ1v) is 7.96. The highest BCUT2D eigenvalue weighted by molar-refractivity contribution is 7.92. The Morgan fingerprint density at radius 1 is 1.00 bits per heavy atom. The molecule has 2 aromatic rings. The predicted molar refractivity (Wildman–Crippen MR) is 77.9 cm³/mol. The van der Waals surface area contributed by atoms with E-state index in [9.17, 15) is 12.8 Å². The van der Waals surface area contributed by atoms with E-state index in [4.69, 9.17) is 0 Å². The van der Waals surface area contributed by atoms with Crippen LogP contribution in [-0.4, -0.2) is 8.42 Å². The zero-order valence-electron chi connectivity index (χ0n) is 11.5. The fourth-order valence-electron chi connectivity index (χ4n) is 2.02. The molecule has 0 spiro atoms. The number of hydrogen-bond donors (Lipinski definition) is 0. The first kappa shape index (κ1) is 14.7. The van der Waals surface area contributed by atoms with Crippen molar-refractivity contribution in [2.45, 2.75) is 30.2 Å². The summed E-state index contributed by atoms with van der Waals surface area (Å²) in [5.41, 5.74) is 1.16. The van der Waals surface area contributed by atoms with Gasteiger partial charge in [0.05, 0.1) is 4.90 Å². The molecule has 0 heterocycles. The van der Waals surface area contributed by atoms with Crippen LogP contribution in [0, 0.1) is 0 Å². The fourth-order valence-corrected chi connectivity index (χ4v) is 3.40. The Balaban J connectivity index is 2.48. The molecule has 0 aromatic heterocycles. The topological polar surface area (TPSA) is 34.1 Å². The van der Waals surface area contributed by atoms with Gasteiger partial charge in [0.15, 0.2) is 0 Å². The van der Waals surface area contributed by atoms with Crippen LogP contribution in [0.1, 0.15) is 25.0 Å². The van der Waals surface area contributed by atoms with Gasteiger partial charge in [-0.1, -0.05) is 49.4 Å². The number of rotatable bonds is 4. The monoisotopic (exact) mass is 292 g/mol. The van der Waals surface area contributed by atoms with Gasteiger partial charge < -0.3 is 0 Å². The minimum Gasteiger partial charge on any atom is -0.221 e. The van der Waals surface area contributed by atoms with Gasteiger partial charge in [0.25, 0.3) is 0 Å². The molecule has 0 aliphatic carbocycles. The second-order valence-corrected chi connectivity index (χ2v) is 7.03. The van der Waals surface area contributed by atoms with E-state index in [1.807, 2.05) is 6.92 Å². The third-order valence-electron chi connectivity index (χ3n) is 3.44. The van der Waals surface area contributed by atoms with E-state index < -0.39 is 14.8 Å². The van der Waals surface area contributed by atoms with Gasteiger partial charge in [0.2, 0.25) is 14.8 Å². The maximum Gasteiger partial charge on any atom is 0.237 e. The lowest BCUT2D eigenvalue weighted by Crippen LogP contribution is -2.27. The van der Waals surface area contributed by atoms with Crippen LogP contribution in [0.2, 0.25) is 0 Å². The van der Waals surface area contributed by atoms with Gasteiger partial charge in [-0.05, 0) is 31.0 Å². The summed E-state index contributed by atoms with van der Waals surface area (Å²) in [4.78, 5) is 0.00329. The van der Waals surface area contributed by atoms with Crippen LogP contribution in [-0.2, 0) is 21.3 Å². The van der Waals surface area contributed by atoms with E-state index in [1.165, 1.54) is 24.3 Å². The van der Waals surface area contributed by atoms with E-state index in [0.717, 1.165) is 18.9 Å². The zero-order chi connectivity index (χ0) is 14.8. The molecule has 20 heavy (non-hydrogen) atoms. The number of halogens is 1. The molecule has 0 bridgehead atoms. The minimum absolute atomic E-state index is 0.00329. The Kier molecular flexibility index (Phi) is 3.95. The SMILES string of the molecule is CCc1ccc(S(=O)(=O)C(C)(F)c2ccccc2)cc1. The molecule has 0 aliphatic rings. The van der Waals surface area contributed by atoms with E-state index in [0.29, 0.717) is 0 Å². The van der Waals surface area contributed by atoms with Crippen molar-refractivity contribution < 1.29 is 12.8 Å². The molecule has 4 heteroatoms. The van der Waals surface area contributed by atoms with Crippen molar-refractivity contribution in [1.82, 2.24) is 0 Å². The van der Waals surface area contributed by atoms with Crippen molar-refractivity contribution in [3.8, 4) is 0 Å².